The minimum absolute atomic E-state index is 0.0710. The van der Waals surface area contributed by atoms with Crippen molar-refractivity contribution in [3.05, 3.63) is 28.2 Å². The summed E-state index contributed by atoms with van der Waals surface area (Å²) in [6.45, 7) is 0.885. The molecule has 2 rings (SSSR count). The first-order valence-electron chi connectivity index (χ1n) is 6.10. The molecule has 1 saturated heterocycles. The molecule has 2 amide bonds. The quantitative estimate of drug-likeness (QED) is 0.333. The summed E-state index contributed by atoms with van der Waals surface area (Å²) in [5.41, 5.74) is 5.97. The Labute approximate surface area is 131 Å². The lowest BCUT2D eigenvalue weighted by molar-refractivity contribution is 0.0223. The third-order valence-corrected chi connectivity index (χ3v) is 3.35. The van der Waals surface area contributed by atoms with Gasteiger partial charge in [-0.05, 0) is 18.2 Å². The molecule has 1 atom stereocenters. The maximum atomic E-state index is 12.2. The van der Waals surface area contributed by atoms with Gasteiger partial charge in [-0.25, -0.2) is 4.79 Å². The molecule has 0 aromatic heterocycles. The number of ether oxygens (including phenoxy) is 1. The summed E-state index contributed by atoms with van der Waals surface area (Å²) < 4.78 is 5.32. The summed E-state index contributed by atoms with van der Waals surface area (Å²) in [4.78, 5) is 13.7. The van der Waals surface area contributed by atoms with Gasteiger partial charge in [0.25, 0.3) is 0 Å². The molecule has 114 valence electrons. The van der Waals surface area contributed by atoms with Crippen LogP contribution in [0.2, 0.25) is 10.0 Å². The number of morpholine rings is 1. The topological polar surface area (TPSA) is 100 Å². The van der Waals surface area contributed by atoms with E-state index >= 15 is 0 Å². The summed E-state index contributed by atoms with van der Waals surface area (Å²) in [5.74, 6) is -0.0710. The Balaban J connectivity index is 2.02. The van der Waals surface area contributed by atoms with Gasteiger partial charge in [-0.1, -0.05) is 28.4 Å². The zero-order valence-electron chi connectivity index (χ0n) is 10.9. The van der Waals surface area contributed by atoms with E-state index in [1.165, 1.54) is 4.90 Å². The van der Waals surface area contributed by atoms with Crippen molar-refractivity contribution in [1.82, 2.24) is 4.90 Å². The molecule has 0 aliphatic carbocycles. The minimum atomic E-state index is -0.627. The number of nitrogens with zero attached hydrogens (tertiary/aromatic N) is 2. The standard InChI is InChI=1S/C12H14Cl2N4O3/c13-7-3-8(14)5-9(4-7)16-12(19)18-1-2-21-10(6-18)11(15)17-20/h3-5,10,20H,1-2,6H2,(H2,15,17)(H,16,19). The second kappa shape index (κ2) is 6.84. The zero-order chi connectivity index (χ0) is 15.4. The molecule has 1 heterocycles. The summed E-state index contributed by atoms with van der Waals surface area (Å²) in [6.07, 6.45) is -0.627. The van der Waals surface area contributed by atoms with Crippen LogP contribution in [0.3, 0.4) is 0 Å². The van der Waals surface area contributed by atoms with Crippen LogP contribution in [0.25, 0.3) is 0 Å². The fourth-order valence-electron chi connectivity index (χ4n) is 1.91. The van der Waals surface area contributed by atoms with Gasteiger partial charge in [-0.2, -0.15) is 0 Å². The third-order valence-electron chi connectivity index (χ3n) is 2.91. The first-order chi connectivity index (χ1) is 9.99. The molecule has 4 N–H and O–H groups in total. The number of carbonyl (C=O) groups is 1. The van der Waals surface area contributed by atoms with Gasteiger partial charge in [-0.3, -0.25) is 0 Å². The number of nitrogens with one attached hydrogen (secondary N) is 1. The molecule has 7 nitrogen and oxygen atoms in total. The maximum absolute atomic E-state index is 12.2. The maximum Gasteiger partial charge on any atom is 0.322 e. The van der Waals surface area contributed by atoms with E-state index in [0.717, 1.165) is 0 Å². The molecule has 0 spiro atoms. The molecule has 1 aromatic carbocycles. The fraction of sp³-hybridized carbons (Fsp3) is 0.333. The molecule has 0 radical (unpaired) electrons. The van der Waals surface area contributed by atoms with Crippen molar-refractivity contribution in [3.63, 3.8) is 0 Å². The lowest BCUT2D eigenvalue weighted by Gasteiger charge is -2.32. The molecule has 1 aliphatic heterocycles. The summed E-state index contributed by atoms with van der Waals surface area (Å²) in [5, 5.41) is 15.1. The third kappa shape index (κ3) is 4.13. The number of carbonyl (C=O) groups excluding carboxylic acids is 1. The number of halogens is 2. The molecule has 1 aromatic rings. The molecular formula is C12H14Cl2N4O3. The van der Waals surface area contributed by atoms with Gasteiger partial charge < -0.3 is 25.9 Å². The number of benzene rings is 1. The monoisotopic (exact) mass is 332 g/mol. The van der Waals surface area contributed by atoms with E-state index < -0.39 is 6.10 Å². The Morgan fingerprint density at radius 2 is 2.10 bits per heavy atom. The number of oxime groups is 1. The summed E-state index contributed by atoms with van der Waals surface area (Å²) in [7, 11) is 0. The Bertz CT molecular complexity index is 547. The zero-order valence-corrected chi connectivity index (χ0v) is 12.4. The van der Waals surface area contributed by atoms with Crippen LogP contribution >= 0.6 is 23.2 Å². The van der Waals surface area contributed by atoms with E-state index in [0.29, 0.717) is 28.9 Å². The van der Waals surface area contributed by atoms with Gasteiger partial charge in [-0.15, -0.1) is 0 Å². The van der Waals surface area contributed by atoms with Gasteiger partial charge in [0, 0.05) is 22.3 Å². The smallest absolute Gasteiger partial charge is 0.322 e. The van der Waals surface area contributed by atoms with Crippen LogP contribution in [0, 0.1) is 0 Å². The molecule has 21 heavy (non-hydrogen) atoms. The van der Waals surface area contributed by atoms with Gasteiger partial charge in [0.05, 0.1) is 13.2 Å². The number of amidine groups is 1. The van der Waals surface area contributed by atoms with E-state index in [1.54, 1.807) is 18.2 Å². The first-order valence-corrected chi connectivity index (χ1v) is 6.86. The molecular weight excluding hydrogens is 319 g/mol. The minimum Gasteiger partial charge on any atom is -0.409 e. The average molecular weight is 333 g/mol. The van der Waals surface area contributed by atoms with Gasteiger partial charge >= 0.3 is 6.03 Å². The highest BCUT2D eigenvalue weighted by Crippen LogP contribution is 2.22. The number of hydrogen-bond acceptors (Lipinski definition) is 4. The van der Waals surface area contributed by atoms with Crippen molar-refractivity contribution < 1.29 is 14.7 Å². The highest BCUT2D eigenvalue weighted by atomic mass is 35.5. The van der Waals surface area contributed by atoms with Gasteiger partial charge in [0.1, 0.15) is 6.10 Å². The SMILES string of the molecule is N/C(=N/O)C1CN(C(=O)Nc2cc(Cl)cc(Cl)c2)CCO1. The Morgan fingerprint density at radius 1 is 1.43 bits per heavy atom. The normalized spacial score (nSPS) is 19.4. The molecule has 0 bridgehead atoms. The van der Waals surface area contributed by atoms with Gasteiger partial charge in [0.2, 0.25) is 0 Å². The van der Waals surface area contributed by atoms with Crippen molar-refractivity contribution in [2.75, 3.05) is 25.0 Å². The van der Waals surface area contributed by atoms with Crippen LogP contribution < -0.4 is 11.1 Å². The summed E-state index contributed by atoms with van der Waals surface area (Å²) in [6, 6.07) is 4.41. The number of anilines is 1. The molecule has 9 heteroatoms. The van der Waals surface area contributed by atoms with E-state index in [-0.39, 0.29) is 18.4 Å². The Kier molecular flexibility index (Phi) is 5.11. The van der Waals surface area contributed by atoms with Gasteiger partial charge in [0.15, 0.2) is 5.84 Å². The van der Waals surface area contributed by atoms with E-state index in [2.05, 4.69) is 10.5 Å². The van der Waals surface area contributed by atoms with Crippen LogP contribution in [0.15, 0.2) is 23.4 Å². The number of amides is 2. The second-order valence-electron chi connectivity index (χ2n) is 4.42. The van der Waals surface area contributed by atoms with Crippen LogP contribution in [0.4, 0.5) is 10.5 Å². The second-order valence-corrected chi connectivity index (χ2v) is 5.29. The average Bonchev–Trinajstić information content (AvgIpc) is 2.45. The Morgan fingerprint density at radius 3 is 2.71 bits per heavy atom. The number of rotatable bonds is 2. The highest BCUT2D eigenvalue weighted by molar-refractivity contribution is 6.35. The van der Waals surface area contributed by atoms with Crippen molar-refractivity contribution >= 4 is 40.8 Å². The lowest BCUT2D eigenvalue weighted by atomic mass is 10.2. The Hall–Kier alpha value is -1.70. The first kappa shape index (κ1) is 15.7. The van der Waals surface area contributed by atoms with Crippen molar-refractivity contribution in [2.45, 2.75) is 6.10 Å². The van der Waals surface area contributed by atoms with Crippen molar-refractivity contribution in [3.8, 4) is 0 Å². The molecule has 1 unspecified atom stereocenters. The largest absolute Gasteiger partial charge is 0.409 e. The summed E-state index contributed by atoms with van der Waals surface area (Å²) >= 11 is 11.7. The number of hydrogen-bond donors (Lipinski definition) is 3. The molecule has 0 saturated carbocycles. The van der Waals surface area contributed by atoms with Crippen LogP contribution in [-0.4, -0.2) is 47.8 Å². The highest BCUT2D eigenvalue weighted by Gasteiger charge is 2.27. The van der Waals surface area contributed by atoms with E-state index in [1.807, 2.05) is 0 Å². The van der Waals surface area contributed by atoms with Crippen LogP contribution in [-0.2, 0) is 4.74 Å². The number of urea groups is 1. The predicted molar refractivity (Wildman–Crippen MR) is 80.2 cm³/mol. The van der Waals surface area contributed by atoms with Crippen molar-refractivity contribution in [1.29, 1.82) is 0 Å². The van der Waals surface area contributed by atoms with Crippen molar-refractivity contribution in [2.24, 2.45) is 10.9 Å². The lowest BCUT2D eigenvalue weighted by Crippen LogP contribution is -2.51. The molecule has 1 aliphatic rings. The fourth-order valence-corrected chi connectivity index (χ4v) is 2.43. The van der Waals surface area contributed by atoms with Crippen LogP contribution in [0.5, 0.6) is 0 Å². The molecule has 1 fully saturated rings. The van der Waals surface area contributed by atoms with E-state index in [4.69, 9.17) is 38.9 Å². The predicted octanol–water partition coefficient (Wildman–Crippen LogP) is 1.97. The van der Waals surface area contributed by atoms with E-state index in [9.17, 15) is 4.79 Å². The van der Waals surface area contributed by atoms with Crippen LogP contribution in [0.1, 0.15) is 0 Å². The number of nitrogens with two attached hydrogens (primary N) is 1.